The molecule has 2 fully saturated rings. The number of carbonyl (C=O) groups excluding carboxylic acids is 3. The van der Waals surface area contributed by atoms with E-state index < -0.39 is 17.9 Å². The van der Waals surface area contributed by atoms with Crippen molar-refractivity contribution in [1.82, 2.24) is 14.7 Å². The van der Waals surface area contributed by atoms with E-state index in [1.54, 1.807) is 6.07 Å². The summed E-state index contributed by atoms with van der Waals surface area (Å²) < 4.78 is 11.0. The van der Waals surface area contributed by atoms with Crippen LogP contribution in [0.1, 0.15) is 70.3 Å². The molecule has 10 heteroatoms. The second-order valence-corrected chi connectivity index (χ2v) is 10.4. The van der Waals surface area contributed by atoms with Gasteiger partial charge in [0.05, 0.1) is 12.5 Å². The van der Waals surface area contributed by atoms with Crippen molar-refractivity contribution in [3.05, 3.63) is 23.8 Å². The van der Waals surface area contributed by atoms with Crippen molar-refractivity contribution in [3.8, 4) is 11.5 Å². The van der Waals surface area contributed by atoms with Crippen LogP contribution in [0.5, 0.6) is 11.5 Å². The van der Waals surface area contributed by atoms with Crippen molar-refractivity contribution >= 4 is 23.7 Å². The molecule has 208 valence electrons. The van der Waals surface area contributed by atoms with E-state index in [4.69, 9.17) is 9.47 Å². The zero-order valence-electron chi connectivity index (χ0n) is 22.4. The predicted octanol–water partition coefficient (Wildman–Crippen LogP) is 2.85. The fourth-order valence-corrected chi connectivity index (χ4v) is 5.80. The van der Waals surface area contributed by atoms with Gasteiger partial charge in [-0.25, -0.2) is 0 Å². The topological polar surface area (TPSA) is 117 Å². The van der Waals surface area contributed by atoms with Crippen LogP contribution in [-0.4, -0.2) is 89.1 Å². The first-order valence-corrected chi connectivity index (χ1v) is 13.8. The molecule has 0 aliphatic carbocycles. The van der Waals surface area contributed by atoms with Gasteiger partial charge in [-0.1, -0.05) is 32.8 Å². The summed E-state index contributed by atoms with van der Waals surface area (Å²) in [5, 5.41) is 10.4. The quantitative estimate of drug-likeness (QED) is 0.388. The molecule has 0 aromatic heterocycles. The number of fused-ring (bicyclic) bond motifs is 1. The van der Waals surface area contributed by atoms with Crippen LogP contribution in [0.4, 0.5) is 0 Å². The maximum absolute atomic E-state index is 13.5. The highest BCUT2D eigenvalue weighted by atomic mass is 16.7. The summed E-state index contributed by atoms with van der Waals surface area (Å²) in [6.07, 6.45) is 4.47. The molecule has 4 rings (SSSR count). The molecular weight excluding hydrogens is 490 g/mol. The van der Waals surface area contributed by atoms with E-state index in [0.29, 0.717) is 37.6 Å². The minimum atomic E-state index is -0.958. The van der Waals surface area contributed by atoms with Gasteiger partial charge in [-0.05, 0) is 37.0 Å². The van der Waals surface area contributed by atoms with E-state index in [9.17, 15) is 24.3 Å². The first-order valence-electron chi connectivity index (χ1n) is 13.8. The fourth-order valence-electron chi connectivity index (χ4n) is 5.80. The number of carboxylic acids is 1. The second kappa shape index (κ2) is 12.6. The number of amides is 3. The molecule has 0 saturated carbocycles. The monoisotopic (exact) mass is 529 g/mol. The number of hydrogen-bond donors (Lipinski definition) is 1. The molecule has 3 amide bonds. The second-order valence-electron chi connectivity index (χ2n) is 10.4. The number of benzene rings is 1. The maximum Gasteiger partial charge on any atom is 0.308 e. The summed E-state index contributed by atoms with van der Waals surface area (Å²) >= 11 is 0. The average molecular weight is 530 g/mol. The number of rotatable bonds is 13. The van der Waals surface area contributed by atoms with Gasteiger partial charge in [-0.2, -0.15) is 0 Å². The van der Waals surface area contributed by atoms with E-state index in [0.717, 1.165) is 31.2 Å². The Morgan fingerprint density at radius 1 is 1.03 bits per heavy atom. The molecule has 1 N–H and O–H groups in total. The molecule has 1 aromatic rings. The maximum atomic E-state index is 13.5. The number of likely N-dealkylation sites (tertiary alicyclic amines) is 2. The Morgan fingerprint density at radius 3 is 2.32 bits per heavy atom. The third-order valence-electron chi connectivity index (χ3n) is 7.92. The lowest BCUT2D eigenvalue weighted by molar-refractivity contribution is -0.144. The lowest BCUT2D eigenvalue weighted by Gasteiger charge is -2.30. The zero-order chi connectivity index (χ0) is 27.2. The summed E-state index contributed by atoms with van der Waals surface area (Å²) in [7, 11) is 0. The molecule has 0 bridgehead atoms. The Morgan fingerprint density at radius 2 is 1.68 bits per heavy atom. The highest BCUT2D eigenvalue weighted by Crippen LogP contribution is 2.42. The molecule has 3 unspecified atom stereocenters. The van der Waals surface area contributed by atoms with E-state index in [-0.39, 0.29) is 56.4 Å². The van der Waals surface area contributed by atoms with Crippen molar-refractivity contribution in [3.63, 3.8) is 0 Å². The van der Waals surface area contributed by atoms with Crippen molar-refractivity contribution in [2.75, 3.05) is 39.5 Å². The van der Waals surface area contributed by atoms with Gasteiger partial charge in [0.1, 0.15) is 0 Å². The molecule has 3 aliphatic rings. The van der Waals surface area contributed by atoms with E-state index >= 15 is 0 Å². The molecule has 3 atom stereocenters. The number of carbonyl (C=O) groups is 4. The van der Waals surface area contributed by atoms with Gasteiger partial charge in [0.2, 0.25) is 24.5 Å². The summed E-state index contributed by atoms with van der Waals surface area (Å²) in [5.41, 5.74) is 0.809. The highest BCUT2D eigenvalue weighted by molar-refractivity contribution is 6.01. The Balaban J connectivity index is 1.59. The van der Waals surface area contributed by atoms with Gasteiger partial charge < -0.3 is 19.5 Å². The van der Waals surface area contributed by atoms with E-state index in [1.165, 1.54) is 4.90 Å². The first kappa shape index (κ1) is 27.9. The molecule has 2 saturated heterocycles. The number of imide groups is 1. The molecule has 38 heavy (non-hydrogen) atoms. The van der Waals surface area contributed by atoms with Gasteiger partial charge in [-0.3, -0.25) is 29.0 Å². The Bertz CT molecular complexity index is 1020. The Hall–Kier alpha value is -3.14. The van der Waals surface area contributed by atoms with Crippen LogP contribution < -0.4 is 9.47 Å². The molecule has 10 nitrogen and oxygen atoms in total. The molecule has 3 heterocycles. The molecule has 3 aliphatic heterocycles. The van der Waals surface area contributed by atoms with Crippen LogP contribution in [0.25, 0.3) is 0 Å². The lowest BCUT2D eigenvalue weighted by Crippen LogP contribution is -2.46. The standard InChI is InChI=1S/C28H39N3O7/c1-3-5-12-29(13-6-4-2)26(34)17-30-16-20(19-7-8-22-23(15-19)38-18-37-22)27(28(35)36)21(30)11-14-31-24(32)9-10-25(31)33/h7-8,15,20-21,27H,3-6,9-14,16-18H2,1-2H3,(H,35,36). The van der Waals surface area contributed by atoms with Crippen molar-refractivity contribution in [1.29, 1.82) is 0 Å². The van der Waals surface area contributed by atoms with Crippen LogP contribution in [0, 0.1) is 5.92 Å². The van der Waals surface area contributed by atoms with E-state index in [1.807, 2.05) is 21.9 Å². The number of hydrogen-bond acceptors (Lipinski definition) is 7. The first-order chi connectivity index (χ1) is 18.3. The number of nitrogens with zero attached hydrogens (tertiary/aromatic N) is 3. The number of carboxylic acid groups (broad SMARTS) is 1. The molecular formula is C28H39N3O7. The van der Waals surface area contributed by atoms with Crippen LogP contribution in [0.15, 0.2) is 18.2 Å². The number of unbranched alkanes of at least 4 members (excludes halogenated alkanes) is 2. The Kier molecular flexibility index (Phi) is 9.25. The fraction of sp³-hybridized carbons (Fsp3) is 0.643. The zero-order valence-corrected chi connectivity index (χ0v) is 22.4. The summed E-state index contributed by atoms with van der Waals surface area (Å²) in [5.74, 6) is -1.41. The van der Waals surface area contributed by atoms with Crippen molar-refractivity contribution < 1.29 is 33.8 Å². The lowest BCUT2D eigenvalue weighted by atomic mass is 9.84. The van der Waals surface area contributed by atoms with Crippen molar-refractivity contribution in [2.24, 2.45) is 5.92 Å². The number of ether oxygens (including phenoxy) is 2. The van der Waals surface area contributed by atoms with Crippen LogP contribution in [0.3, 0.4) is 0 Å². The largest absolute Gasteiger partial charge is 0.481 e. The van der Waals surface area contributed by atoms with Crippen LogP contribution in [0.2, 0.25) is 0 Å². The molecule has 0 spiro atoms. The molecule has 0 radical (unpaired) electrons. The predicted molar refractivity (Wildman–Crippen MR) is 139 cm³/mol. The van der Waals surface area contributed by atoms with Crippen LogP contribution in [-0.2, 0) is 19.2 Å². The number of aliphatic carboxylic acids is 1. The highest BCUT2D eigenvalue weighted by Gasteiger charge is 2.48. The van der Waals surface area contributed by atoms with Gasteiger partial charge in [0, 0.05) is 51.0 Å². The van der Waals surface area contributed by atoms with Crippen LogP contribution >= 0.6 is 0 Å². The normalized spacial score (nSPS) is 22.9. The summed E-state index contributed by atoms with van der Waals surface area (Å²) in [6.45, 7) is 6.30. The Labute approximate surface area is 223 Å². The minimum absolute atomic E-state index is 0.0132. The van der Waals surface area contributed by atoms with Crippen molar-refractivity contribution in [2.45, 2.75) is 70.8 Å². The third kappa shape index (κ3) is 6.11. The van der Waals surface area contributed by atoms with E-state index in [2.05, 4.69) is 13.8 Å². The van der Waals surface area contributed by atoms with Gasteiger partial charge in [0.15, 0.2) is 11.5 Å². The van der Waals surface area contributed by atoms with Gasteiger partial charge in [-0.15, -0.1) is 0 Å². The van der Waals surface area contributed by atoms with Gasteiger partial charge >= 0.3 is 5.97 Å². The summed E-state index contributed by atoms with van der Waals surface area (Å²) in [4.78, 5) is 55.7. The summed E-state index contributed by atoms with van der Waals surface area (Å²) in [6, 6.07) is 4.97. The smallest absolute Gasteiger partial charge is 0.308 e. The third-order valence-corrected chi connectivity index (χ3v) is 7.92. The molecule has 1 aromatic carbocycles. The minimum Gasteiger partial charge on any atom is -0.481 e. The van der Waals surface area contributed by atoms with Gasteiger partial charge in [0.25, 0.3) is 0 Å². The SMILES string of the molecule is CCCCN(CCCC)C(=O)CN1CC(c2ccc3c(c2)OCO3)C(C(=O)O)C1CCN1C(=O)CCC1=O. The average Bonchev–Trinajstić information content (AvgIpc) is 3.59.